The molecule has 30 heavy (non-hydrogen) atoms. The van der Waals surface area contributed by atoms with Gasteiger partial charge in [-0.3, -0.25) is 4.79 Å². The molecule has 5 rings (SSSR count). The van der Waals surface area contributed by atoms with Gasteiger partial charge in [-0.25, -0.2) is 0 Å². The van der Waals surface area contributed by atoms with Gasteiger partial charge in [0.1, 0.15) is 5.78 Å². The van der Waals surface area contributed by atoms with Crippen LogP contribution in [0.15, 0.2) is 30.3 Å². The van der Waals surface area contributed by atoms with Crippen LogP contribution in [0.1, 0.15) is 84.1 Å². The third kappa shape index (κ3) is 3.12. The average molecular weight is 409 g/mol. The zero-order chi connectivity index (χ0) is 21.1. The van der Waals surface area contributed by atoms with Crippen LogP contribution in [-0.2, 0) is 11.2 Å². The minimum atomic E-state index is -0.533. The van der Waals surface area contributed by atoms with E-state index in [1.807, 2.05) is 6.92 Å². The molecule has 4 saturated carbocycles. The number of carbonyl (C=O) groups excluding carboxylic acids is 1. The van der Waals surface area contributed by atoms with E-state index in [1.54, 1.807) is 0 Å². The van der Waals surface area contributed by atoms with Gasteiger partial charge in [-0.15, -0.1) is 0 Å². The number of rotatable bonds is 3. The molecule has 8 atom stereocenters. The topological polar surface area (TPSA) is 37.3 Å². The predicted octanol–water partition coefficient (Wildman–Crippen LogP) is 6.21. The van der Waals surface area contributed by atoms with Crippen molar-refractivity contribution in [2.45, 2.75) is 90.6 Å². The maximum absolute atomic E-state index is 12.4. The molecule has 1 aromatic rings. The van der Waals surface area contributed by atoms with Crippen LogP contribution in [0, 0.1) is 40.4 Å². The molecule has 4 aliphatic rings. The zero-order valence-corrected chi connectivity index (χ0v) is 19.2. The van der Waals surface area contributed by atoms with Crippen LogP contribution in [0.2, 0.25) is 0 Å². The number of carbonyl (C=O) groups is 1. The van der Waals surface area contributed by atoms with E-state index in [-0.39, 0.29) is 5.41 Å². The Balaban J connectivity index is 1.35. The molecule has 2 unspecified atom stereocenters. The average Bonchev–Trinajstić information content (AvgIpc) is 3.07. The number of Topliss-reactive ketones (excluding diaryl/α,β-unsaturated/α-hetero) is 1. The summed E-state index contributed by atoms with van der Waals surface area (Å²) in [6.45, 7) is 6.84. The lowest BCUT2D eigenvalue weighted by atomic mass is 9.43. The van der Waals surface area contributed by atoms with Gasteiger partial charge in [-0.05, 0) is 105 Å². The first-order valence-electron chi connectivity index (χ1n) is 12.5. The van der Waals surface area contributed by atoms with Gasteiger partial charge in [0, 0.05) is 12.3 Å². The van der Waals surface area contributed by atoms with E-state index in [2.05, 4.69) is 44.2 Å². The molecule has 0 bridgehead atoms. The highest BCUT2D eigenvalue weighted by atomic mass is 16.3. The Hall–Kier alpha value is -1.15. The lowest BCUT2D eigenvalue weighted by molar-refractivity contribution is -0.153. The lowest BCUT2D eigenvalue weighted by Crippen LogP contribution is -2.56. The fourth-order valence-corrected chi connectivity index (χ4v) is 9.13. The van der Waals surface area contributed by atoms with Gasteiger partial charge >= 0.3 is 0 Å². The molecule has 1 aromatic carbocycles. The molecule has 0 radical (unpaired) electrons. The van der Waals surface area contributed by atoms with Crippen molar-refractivity contribution in [3.05, 3.63) is 35.9 Å². The Morgan fingerprint density at radius 3 is 2.40 bits per heavy atom. The maximum atomic E-state index is 12.4. The molecule has 2 nitrogen and oxygen atoms in total. The van der Waals surface area contributed by atoms with Gasteiger partial charge in [0.2, 0.25) is 0 Å². The Morgan fingerprint density at radius 2 is 1.67 bits per heavy atom. The number of hydrogen-bond acceptors (Lipinski definition) is 2. The second kappa shape index (κ2) is 7.19. The Morgan fingerprint density at radius 1 is 0.933 bits per heavy atom. The number of benzene rings is 1. The minimum Gasteiger partial charge on any atom is -0.390 e. The summed E-state index contributed by atoms with van der Waals surface area (Å²) in [4.78, 5) is 12.4. The summed E-state index contributed by atoms with van der Waals surface area (Å²) in [6, 6.07) is 10.6. The van der Waals surface area contributed by atoms with Gasteiger partial charge in [-0.1, -0.05) is 44.2 Å². The molecular formula is C28H40O2. The molecule has 4 fully saturated rings. The summed E-state index contributed by atoms with van der Waals surface area (Å²) in [5.74, 6) is 3.72. The van der Waals surface area contributed by atoms with Crippen molar-refractivity contribution >= 4 is 5.78 Å². The lowest BCUT2D eigenvalue weighted by Gasteiger charge is -2.62. The highest BCUT2D eigenvalue weighted by Crippen LogP contribution is 2.68. The van der Waals surface area contributed by atoms with Crippen molar-refractivity contribution in [3.63, 3.8) is 0 Å². The molecule has 164 valence electrons. The van der Waals surface area contributed by atoms with Crippen molar-refractivity contribution in [3.8, 4) is 0 Å². The van der Waals surface area contributed by atoms with Crippen molar-refractivity contribution in [1.29, 1.82) is 0 Å². The molecule has 2 heteroatoms. The van der Waals surface area contributed by atoms with Crippen LogP contribution in [0.4, 0.5) is 0 Å². The van der Waals surface area contributed by atoms with E-state index in [9.17, 15) is 9.90 Å². The van der Waals surface area contributed by atoms with Crippen molar-refractivity contribution in [1.82, 2.24) is 0 Å². The largest absolute Gasteiger partial charge is 0.390 e. The first-order chi connectivity index (χ1) is 14.3. The van der Waals surface area contributed by atoms with Crippen LogP contribution in [0.5, 0.6) is 0 Å². The summed E-state index contributed by atoms with van der Waals surface area (Å²) in [5.41, 5.74) is 1.36. The van der Waals surface area contributed by atoms with Gasteiger partial charge < -0.3 is 5.11 Å². The van der Waals surface area contributed by atoms with E-state index in [4.69, 9.17) is 0 Å². The van der Waals surface area contributed by atoms with Crippen LogP contribution in [0.3, 0.4) is 0 Å². The predicted molar refractivity (Wildman–Crippen MR) is 121 cm³/mol. The van der Waals surface area contributed by atoms with E-state index < -0.39 is 5.60 Å². The first-order valence-corrected chi connectivity index (χ1v) is 12.5. The quantitative estimate of drug-likeness (QED) is 0.646. The van der Waals surface area contributed by atoms with E-state index >= 15 is 0 Å². The second-order valence-corrected chi connectivity index (χ2v) is 12.0. The van der Waals surface area contributed by atoms with Crippen molar-refractivity contribution < 1.29 is 9.90 Å². The highest BCUT2D eigenvalue weighted by molar-refractivity contribution is 5.79. The molecule has 0 aliphatic heterocycles. The SMILES string of the molecule is CC(=O)[C@H]1CC[C@H]2[C@@H]3CCC4CC(O)(Cc5ccccc5)CC[C@]4(C)[C@H]3CC[C@]12C. The van der Waals surface area contributed by atoms with Crippen LogP contribution < -0.4 is 0 Å². The fraction of sp³-hybridized carbons (Fsp3) is 0.750. The monoisotopic (exact) mass is 408 g/mol. The van der Waals surface area contributed by atoms with E-state index in [1.165, 1.54) is 44.1 Å². The molecular weight excluding hydrogens is 368 g/mol. The van der Waals surface area contributed by atoms with E-state index in [0.717, 1.165) is 43.4 Å². The molecule has 1 N–H and O–H groups in total. The normalized spacial score (nSPS) is 47.8. The third-order valence-corrected chi connectivity index (χ3v) is 10.7. The summed E-state index contributed by atoms with van der Waals surface area (Å²) in [6.07, 6.45) is 11.4. The van der Waals surface area contributed by atoms with Gasteiger partial charge in [0.25, 0.3) is 0 Å². The Labute approximate surface area is 182 Å². The molecule has 0 heterocycles. The summed E-state index contributed by atoms with van der Waals surface area (Å²) < 4.78 is 0. The van der Waals surface area contributed by atoms with Crippen molar-refractivity contribution in [2.75, 3.05) is 0 Å². The molecule has 0 spiro atoms. The van der Waals surface area contributed by atoms with Gasteiger partial charge in [0.15, 0.2) is 0 Å². The molecule has 0 amide bonds. The van der Waals surface area contributed by atoms with E-state index in [0.29, 0.717) is 23.0 Å². The number of fused-ring (bicyclic) bond motifs is 5. The molecule has 0 saturated heterocycles. The smallest absolute Gasteiger partial charge is 0.133 e. The first kappa shape index (κ1) is 20.7. The van der Waals surface area contributed by atoms with Crippen LogP contribution >= 0.6 is 0 Å². The maximum Gasteiger partial charge on any atom is 0.133 e. The van der Waals surface area contributed by atoms with Gasteiger partial charge in [-0.2, -0.15) is 0 Å². The summed E-state index contributed by atoms with van der Waals surface area (Å²) in [7, 11) is 0. The number of aliphatic hydroxyl groups is 1. The number of ketones is 1. The van der Waals surface area contributed by atoms with Gasteiger partial charge in [0.05, 0.1) is 5.60 Å². The van der Waals surface area contributed by atoms with Crippen LogP contribution in [0.25, 0.3) is 0 Å². The molecule has 0 aromatic heterocycles. The molecule has 4 aliphatic carbocycles. The number of hydrogen-bond donors (Lipinski definition) is 1. The zero-order valence-electron chi connectivity index (χ0n) is 19.2. The Kier molecular flexibility index (Phi) is 4.97. The second-order valence-electron chi connectivity index (χ2n) is 12.0. The summed E-state index contributed by atoms with van der Waals surface area (Å²) in [5, 5.41) is 11.5. The van der Waals surface area contributed by atoms with Crippen LogP contribution in [-0.4, -0.2) is 16.5 Å². The summed E-state index contributed by atoms with van der Waals surface area (Å²) >= 11 is 0. The Bertz CT molecular complexity index is 802. The van der Waals surface area contributed by atoms with Crippen molar-refractivity contribution in [2.24, 2.45) is 40.4 Å². The fourth-order valence-electron chi connectivity index (χ4n) is 9.13. The minimum absolute atomic E-state index is 0.249. The third-order valence-electron chi connectivity index (χ3n) is 10.7. The standard InChI is InChI=1S/C28H40O2/c1-19(29)23-11-12-24-22-10-9-21-18-28(30,17-20-7-5-4-6-8-20)16-15-26(21,2)25(22)13-14-27(23,24)3/h4-8,21-25,30H,9-18H2,1-3H3/t21?,22-,23+,24-,25-,26-,27+,28?/m0/s1. The highest BCUT2D eigenvalue weighted by Gasteiger charge is 2.61.